The Morgan fingerprint density at radius 3 is 2.41 bits per heavy atom. The molecule has 5 nitrogen and oxygen atoms in total. The first-order chi connectivity index (χ1) is 13.6. The molecule has 0 aliphatic heterocycles. The van der Waals surface area contributed by atoms with Gasteiger partial charge in [-0.3, -0.25) is 9.59 Å². The molecule has 2 aromatic carbocycles. The van der Waals surface area contributed by atoms with Gasteiger partial charge in [-0.05, 0) is 29.8 Å². The van der Waals surface area contributed by atoms with Crippen LogP contribution in [0, 0.1) is 5.82 Å². The standard InChI is InChI=1S/C20H21F4N3O2/c1-26(13-19(29)27(2)11-14-6-5-7-15(21)10-14)12-18(28)25-17-9-4-3-8-16(17)20(22,23)24/h3-10H,11-13H2,1-2H3,(H,25,28)/p+1. The van der Waals surface area contributed by atoms with Crippen molar-refractivity contribution in [1.29, 1.82) is 0 Å². The van der Waals surface area contributed by atoms with Gasteiger partial charge >= 0.3 is 6.18 Å². The molecule has 9 heteroatoms. The van der Waals surface area contributed by atoms with Crippen molar-refractivity contribution in [2.75, 3.05) is 32.5 Å². The highest BCUT2D eigenvalue weighted by Gasteiger charge is 2.33. The zero-order valence-electron chi connectivity index (χ0n) is 16.0. The molecule has 0 heterocycles. The van der Waals surface area contributed by atoms with Gasteiger partial charge < -0.3 is 15.1 Å². The summed E-state index contributed by atoms with van der Waals surface area (Å²) in [6.07, 6.45) is -4.59. The molecule has 0 fully saturated rings. The van der Waals surface area contributed by atoms with Gasteiger partial charge in [0.25, 0.3) is 11.8 Å². The number of benzene rings is 2. The maximum Gasteiger partial charge on any atom is 0.418 e. The minimum absolute atomic E-state index is 0.0415. The molecule has 0 aliphatic rings. The summed E-state index contributed by atoms with van der Waals surface area (Å²) in [7, 11) is 3.14. The third kappa shape index (κ3) is 6.86. The third-order valence-corrected chi connectivity index (χ3v) is 4.16. The number of hydrogen-bond acceptors (Lipinski definition) is 2. The monoisotopic (exact) mass is 412 g/mol. The molecule has 0 aromatic heterocycles. The second kappa shape index (κ2) is 9.51. The summed E-state index contributed by atoms with van der Waals surface area (Å²) >= 11 is 0. The van der Waals surface area contributed by atoms with Gasteiger partial charge in [0.1, 0.15) is 5.82 Å². The van der Waals surface area contributed by atoms with E-state index in [4.69, 9.17) is 0 Å². The average Bonchev–Trinajstić information content (AvgIpc) is 2.60. The van der Waals surface area contributed by atoms with Gasteiger partial charge in [-0.1, -0.05) is 24.3 Å². The molecule has 2 N–H and O–H groups in total. The van der Waals surface area contributed by atoms with E-state index in [-0.39, 0.29) is 31.2 Å². The van der Waals surface area contributed by atoms with E-state index >= 15 is 0 Å². The number of carbonyl (C=O) groups is 2. The number of amides is 2. The van der Waals surface area contributed by atoms with Crippen LogP contribution in [0.2, 0.25) is 0 Å². The largest absolute Gasteiger partial charge is 0.418 e. The number of anilines is 1. The summed E-state index contributed by atoms with van der Waals surface area (Å²) in [5, 5.41) is 2.25. The van der Waals surface area contributed by atoms with E-state index in [2.05, 4.69) is 5.32 Å². The zero-order chi connectivity index (χ0) is 21.6. The highest BCUT2D eigenvalue weighted by Crippen LogP contribution is 2.34. The number of quaternary nitrogens is 1. The number of likely N-dealkylation sites (N-methyl/N-ethyl adjacent to an activating group) is 2. The lowest BCUT2D eigenvalue weighted by atomic mass is 10.1. The van der Waals surface area contributed by atoms with E-state index in [9.17, 15) is 27.2 Å². The lowest BCUT2D eigenvalue weighted by Gasteiger charge is -2.20. The maximum absolute atomic E-state index is 13.2. The maximum atomic E-state index is 13.2. The van der Waals surface area contributed by atoms with Gasteiger partial charge in [0.05, 0.1) is 18.3 Å². The van der Waals surface area contributed by atoms with Crippen LogP contribution < -0.4 is 10.2 Å². The second-order valence-electron chi connectivity index (χ2n) is 6.78. The van der Waals surface area contributed by atoms with Crippen molar-refractivity contribution in [3.63, 3.8) is 0 Å². The minimum Gasteiger partial charge on any atom is -0.337 e. The number of nitrogens with one attached hydrogen (secondary N) is 2. The van der Waals surface area contributed by atoms with Crippen molar-refractivity contribution in [3.05, 3.63) is 65.5 Å². The molecule has 2 rings (SSSR count). The van der Waals surface area contributed by atoms with E-state index in [0.29, 0.717) is 10.5 Å². The number of alkyl halides is 3. The van der Waals surface area contributed by atoms with Crippen LogP contribution >= 0.6 is 0 Å². The summed E-state index contributed by atoms with van der Waals surface area (Å²) in [5.41, 5.74) is -0.635. The number of nitrogens with zero attached hydrogens (tertiary/aromatic N) is 1. The normalized spacial score (nSPS) is 12.3. The van der Waals surface area contributed by atoms with Crippen LogP contribution in [0.25, 0.3) is 0 Å². The van der Waals surface area contributed by atoms with Crippen LogP contribution in [0.3, 0.4) is 0 Å². The van der Waals surface area contributed by atoms with Gasteiger partial charge in [0.15, 0.2) is 13.1 Å². The molecule has 1 atom stereocenters. The Hall–Kier alpha value is -2.94. The highest BCUT2D eigenvalue weighted by atomic mass is 19.4. The molecular weight excluding hydrogens is 390 g/mol. The SMILES string of the molecule is CN(Cc1cccc(F)c1)C(=O)C[NH+](C)CC(=O)Nc1ccccc1C(F)(F)F. The van der Waals surface area contributed by atoms with Crippen LogP contribution in [-0.4, -0.2) is 43.9 Å². The van der Waals surface area contributed by atoms with E-state index in [1.165, 1.54) is 35.2 Å². The van der Waals surface area contributed by atoms with E-state index in [0.717, 1.165) is 6.07 Å². The van der Waals surface area contributed by atoms with Crippen molar-refractivity contribution in [2.24, 2.45) is 0 Å². The van der Waals surface area contributed by atoms with E-state index < -0.39 is 23.5 Å². The lowest BCUT2D eigenvalue weighted by Crippen LogP contribution is -3.11. The molecular formula is C20H22F4N3O2+. The fraction of sp³-hybridized carbons (Fsp3) is 0.300. The van der Waals surface area contributed by atoms with Crippen molar-refractivity contribution < 1.29 is 32.1 Å². The third-order valence-electron chi connectivity index (χ3n) is 4.16. The highest BCUT2D eigenvalue weighted by molar-refractivity contribution is 5.92. The quantitative estimate of drug-likeness (QED) is 0.684. The van der Waals surface area contributed by atoms with Gasteiger partial charge in [-0.15, -0.1) is 0 Å². The number of carbonyl (C=O) groups excluding carboxylic acids is 2. The van der Waals surface area contributed by atoms with Crippen molar-refractivity contribution in [2.45, 2.75) is 12.7 Å². The summed E-state index contributed by atoms with van der Waals surface area (Å²) < 4.78 is 52.2. The number of para-hydroxylation sites is 1. The molecule has 0 aliphatic carbocycles. The second-order valence-corrected chi connectivity index (χ2v) is 6.78. The number of halogens is 4. The zero-order valence-corrected chi connectivity index (χ0v) is 16.0. The molecule has 0 radical (unpaired) electrons. The molecule has 1 unspecified atom stereocenters. The van der Waals surface area contributed by atoms with Gasteiger partial charge in [0, 0.05) is 13.6 Å². The fourth-order valence-corrected chi connectivity index (χ4v) is 2.76. The van der Waals surface area contributed by atoms with Crippen LogP contribution in [0.15, 0.2) is 48.5 Å². The summed E-state index contributed by atoms with van der Waals surface area (Å²) in [6, 6.07) is 10.6. The molecule has 0 saturated carbocycles. The topological polar surface area (TPSA) is 53.9 Å². The summed E-state index contributed by atoms with van der Waals surface area (Å²) in [6.45, 7) is -0.0269. The lowest BCUT2D eigenvalue weighted by molar-refractivity contribution is -0.862. The summed E-state index contributed by atoms with van der Waals surface area (Å²) in [4.78, 5) is 26.3. The molecule has 2 amide bonds. The van der Waals surface area contributed by atoms with Crippen LogP contribution in [0.5, 0.6) is 0 Å². The number of hydrogen-bond donors (Lipinski definition) is 2. The predicted molar refractivity (Wildman–Crippen MR) is 99.6 cm³/mol. The van der Waals surface area contributed by atoms with Crippen LogP contribution in [0.4, 0.5) is 23.2 Å². The molecule has 0 saturated heterocycles. The van der Waals surface area contributed by atoms with Crippen molar-refractivity contribution in [1.82, 2.24) is 4.90 Å². The van der Waals surface area contributed by atoms with E-state index in [1.807, 2.05) is 0 Å². The van der Waals surface area contributed by atoms with Crippen molar-refractivity contribution >= 4 is 17.5 Å². The van der Waals surface area contributed by atoms with Crippen LogP contribution in [0.1, 0.15) is 11.1 Å². The Labute approximate surface area is 165 Å². The summed E-state index contributed by atoms with van der Waals surface area (Å²) in [5.74, 6) is -1.32. The Morgan fingerprint density at radius 1 is 1.07 bits per heavy atom. The van der Waals surface area contributed by atoms with Crippen LogP contribution in [-0.2, 0) is 22.3 Å². The smallest absolute Gasteiger partial charge is 0.337 e. The Bertz CT molecular complexity index is 871. The van der Waals surface area contributed by atoms with Gasteiger partial charge in [-0.2, -0.15) is 13.2 Å². The Balaban J connectivity index is 1.89. The Morgan fingerprint density at radius 2 is 1.76 bits per heavy atom. The molecule has 2 aromatic rings. The molecule has 0 bridgehead atoms. The fourth-order valence-electron chi connectivity index (χ4n) is 2.76. The molecule has 0 spiro atoms. The first kappa shape index (κ1) is 22.4. The van der Waals surface area contributed by atoms with Gasteiger partial charge in [0.2, 0.25) is 0 Å². The molecule has 156 valence electrons. The van der Waals surface area contributed by atoms with Gasteiger partial charge in [-0.25, -0.2) is 4.39 Å². The molecule has 29 heavy (non-hydrogen) atoms. The van der Waals surface area contributed by atoms with Crippen molar-refractivity contribution in [3.8, 4) is 0 Å². The minimum atomic E-state index is -4.59. The average molecular weight is 412 g/mol. The number of rotatable bonds is 7. The first-order valence-corrected chi connectivity index (χ1v) is 8.82. The predicted octanol–water partition coefficient (Wildman–Crippen LogP) is 1.96. The first-order valence-electron chi connectivity index (χ1n) is 8.82. The Kier molecular flexibility index (Phi) is 7.33. The van der Waals surface area contributed by atoms with E-state index in [1.54, 1.807) is 26.2 Å².